The highest BCUT2D eigenvalue weighted by Crippen LogP contribution is 2.27. The van der Waals surface area contributed by atoms with Crippen LogP contribution in [0.3, 0.4) is 0 Å². The summed E-state index contributed by atoms with van der Waals surface area (Å²) >= 11 is 3.20. The Labute approximate surface area is 153 Å². The van der Waals surface area contributed by atoms with E-state index in [-0.39, 0.29) is 17.8 Å². The van der Waals surface area contributed by atoms with E-state index in [1.54, 1.807) is 26.8 Å². The van der Waals surface area contributed by atoms with Crippen LogP contribution in [0.4, 0.5) is 16.2 Å². The van der Waals surface area contributed by atoms with Gasteiger partial charge in [0.2, 0.25) is 0 Å². The minimum absolute atomic E-state index is 0.120. The predicted octanol–water partition coefficient (Wildman–Crippen LogP) is 2.85. The van der Waals surface area contributed by atoms with E-state index in [9.17, 15) is 14.9 Å². The zero-order valence-corrected chi connectivity index (χ0v) is 15.8. The van der Waals surface area contributed by atoms with Crippen molar-refractivity contribution in [1.29, 1.82) is 0 Å². The summed E-state index contributed by atoms with van der Waals surface area (Å²) in [5, 5.41) is 17.0. The summed E-state index contributed by atoms with van der Waals surface area (Å²) in [6.07, 6.45) is 1.22. The van der Waals surface area contributed by atoms with Gasteiger partial charge in [-0.15, -0.1) is 0 Å². The predicted molar refractivity (Wildman–Crippen MR) is 94.6 cm³/mol. The average Bonchev–Trinajstić information content (AvgIpc) is 2.45. The fourth-order valence-corrected chi connectivity index (χ4v) is 2.74. The van der Waals surface area contributed by atoms with E-state index >= 15 is 0 Å². The van der Waals surface area contributed by atoms with Crippen molar-refractivity contribution in [2.75, 3.05) is 18.5 Å². The van der Waals surface area contributed by atoms with E-state index in [1.807, 2.05) is 0 Å². The second-order valence-electron chi connectivity index (χ2n) is 6.74. The normalized spacial score (nSPS) is 20.6. The fourth-order valence-electron chi connectivity index (χ4n) is 2.41. The molecule has 1 fully saturated rings. The van der Waals surface area contributed by atoms with Gasteiger partial charge in [0.25, 0.3) is 0 Å². The van der Waals surface area contributed by atoms with Gasteiger partial charge in [-0.05, 0) is 43.1 Å². The maximum Gasteiger partial charge on any atom is 0.407 e. The van der Waals surface area contributed by atoms with Crippen LogP contribution in [0.15, 0.2) is 16.9 Å². The maximum absolute atomic E-state index is 11.9. The Morgan fingerprint density at radius 1 is 1.44 bits per heavy atom. The molecular weight excluding hydrogens is 396 g/mol. The second kappa shape index (κ2) is 7.96. The summed E-state index contributed by atoms with van der Waals surface area (Å²) in [6, 6.07) is 1.11. The first-order valence-corrected chi connectivity index (χ1v) is 8.57. The number of alkyl carbamates (subject to hydrolysis) is 1. The molecule has 2 rings (SSSR count). The number of carbonyl (C=O) groups is 1. The summed E-state index contributed by atoms with van der Waals surface area (Å²) in [6.45, 7) is 6.10. The van der Waals surface area contributed by atoms with Crippen LogP contribution in [0.25, 0.3) is 0 Å². The molecule has 2 atom stereocenters. The summed E-state index contributed by atoms with van der Waals surface area (Å²) in [4.78, 5) is 26.4. The van der Waals surface area contributed by atoms with Crippen molar-refractivity contribution < 1.29 is 19.2 Å². The van der Waals surface area contributed by atoms with Gasteiger partial charge in [0.15, 0.2) is 0 Å². The van der Waals surface area contributed by atoms with Crippen molar-refractivity contribution in [3.05, 3.63) is 27.0 Å². The molecule has 2 heterocycles. The summed E-state index contributed by atoms with van der Waals surface area (Å²) in [5.41, 5.74) is -0.356. The first-order chi connectivity index (χ1) is 11.6. The Morgan fingerprint density at radius 3 is 2.76 bits per heavy atom. The maximum atomic E-state index is 11.9. The number of anilines is 1. The Kier molecular flexibility index (Phi) is 6.17. The van der Waals surface area contributed by atoms with Crippen LogP contribution in [-0.4, -0.2) is 46.9 Å². The van der Waals surface area contributed by atoms with E-state index < -0.39 is 16.6 Å². The largest absolute Gasteiger partial charge is 0.444 e. The number of nitrogens with one attached hydrogen (secondary N) is 2. The third kappa shape index (κ3) is 6.13. The van der Waals surface area contributed by atoms with E-state index in [2.05, 4.69) is 31.5 Å². The van der Waals surface area contributed by atoms with Gasteiger partial charge in [-0.25, -0.2) is 9.78 Å². The molecule has 0 aliphatic carbocycles. The Morgan fingerprint density at radius 2 is 2.12 bits per heavy atom. The quantitative estimate of drug-likeness (QED) is 0.440. The molecule has 0 bridgehead atoms. The number of nitrogens with zero attached hydrogens (tertiary/aromatic N) is 2. The van der Waals surface area contributed by atoms with E-state index in [0.29, 0.717) is 29.9 Å². The van der Waals surface area contributed by atoms with E-state index in [4.69, 9.17) is 9.47 Å². The molecule has 25 heavy (non-hydrogen) atoms. The molecule has 10 heteroatoms. The molecule has 9 nitrogen and oxygen atoms in total. The third-order valence-corrected chi connectivity index (χ3v) is 3.77. The average molecular weight is 417 g/mol. The van der Waals surface area contributed by atoms with Crippen molar-refractivity contribution in [3.8, 4) is 0 Å². The Bertz CT molecular complexity index is 649. The van der Waals surface area contributed by atoms with Crippen molar-refractivity contribution in [3.63, 3.8) is 0 Å². The van der Waals surface area contributed by atoms with Crippen molar-refractivity contribution >= 4 is 33.4 Å². The topological polar surface area (TPSA) is 116 Å². The lowest BCUT2D eigenvalue weighted by Crippen LogP contribution is -2.48. The molecule has 0 saturated carbocycles. The number of ether oxygens (including phenoxy) is 2. The monoisotopic (exact) mass is 416 g/mol. The zero-order valence-electron chi connectivity index (χ0n) is 14.2. The Balaban J connectivity index is 1.99. The molecule has 1 aliphatic rings. The van der Waals surface area contributed by atoms with Crippen LogP contribution >= 0.6 is 15.9 Å². The van der Waals surface area contributed by atoms with Gasteiger partial charge in [0, 0.05) is 6.07 Å². The van der Waals surface area contributed by atoms with Gasteiger partial charge in [-0.2, -0.15) is 0 Å². The van der Waals surface area contributed by atoms with Crippen molar-refractivity contribution in [1.82, 2.24) is 10.3 Å². The Hall–Kier alpha value is -1.94. The van der Waals surface area contributed by atoms with Crippen molar-refractivity contribution in [2.24, 2.45) is 0 Å². The summed E-state index contributed by atoms with van der Waals surface area (Å²) in [5.74, 6) is 0. The van der Waals surface area contributed by atoms with Gasteiger partial charge in [-0.1, -0.05) is 0 Å². The second-order valence-corrected chi connectivity index (χ2v) is 7.55. The molecular formula is C15H21BrN4O5. The van der Waals surface area contributed by atoms with Gasteiger partial charge in [-0.3, -0.25) is 10.1 Å². The van der Waals surface area contributed by atoms with Crippen LogP contribution < -0.4 is 10.6 Å². The minimum atomic E-state index is -0.582. The van der Waals surface area contributed by atoms with Gasteiger partial charge < -0.3 is 20.1 Å². The lowest BCUT2D eigenvalue weighted by atomic mass is 10.1. The number of hydrogen-bond acceptors (Lipinski definition) is 7. The number of halogens is 1. The first-order valence-electron chi connectivity index (χ1n) is 7.78. The molecule has 1 aromatic rings. The number of aromatic nitrogens is 1. The van der Waals surface area contributed by atoms with Gasteiger partial charge >= 0.3 is 11.8 Å². The number of amides is 1. The lowest BCUT2D eigenvalue weighted by Gasteiger charge is -2.31. The zero-order chi connectivity index (χ0) is 18.6. The first kappa shape index (κ1) is 19.4. The number of hydrogen-bond donors (Lipinski definition) is 2. The van der Waals surface area contributed by atoms with Crippen LogP contribution in [0, 0.1) is 10.1 Å². The third-order valence-electron chi connectivity index (χ3n) is 3.33. The van der Waals surface area contributed by atoms with Crippen LogP contribution in [-0.2, 0) is 9.47 Å². The molecule has 2 unspecified atom stereocenters. The van der Waals surface area contributed by atoms with Gasteiger partial charge in [0.1, 0.15) is 22.1 Å². The van der Waals surface area contributed by atoms with Crippen LogP contribution in [0.1, 0.15) is 27.2 Å². The summed E-state index contributed by atoms with van der Waals surface area (Å²) < 4.78 is 11.2. The van der Waals surface area contributed by atoms with E-state index in [1.165, 1.54) is 6.20 Å². The molecule has 0 spiro atoms. The van der Waals surface area contributed by atoms with Crippen molar-refractivity contribution in [2.45, 2.75) is 44.9 Å². The summed E-state index contributed by atoms with van der Waals surface area (Å²) in [7, 11) is 0. The number of rotatable bonds is 4. The molecule has 0 radical (unpaired) electrons. The smallest absolute Gasteiger partial charge is 0.407 e. The SMILES string of the molecule is CC(C)(C)OC(=O)NC1COCC(Nc2cc(Br)ncc2[N+](=O)[O-])C1. The molecule has 138 valence electrons. The highest BCUT2D eigenvalue weighted by Gasteiger charge is 2.27. The molecule has 1 aliphatic heterocycles. The molecule has 1 saturated heterocycles. The molecule has 1 amide bonds. The lowest BCUT2D eigenvalue weighted by molar-refractivity contribution is -0.384. The molecule has 2 N–H and O–H groups in total. The highest BCUT2D eigenvalue weighted by molar-refractivity contribution is 9.10. The van der Waals surface area contributed by atoms with E-state index in [0.717, 1.165) is 0 Å². The number of carbonyl (C=O) groups excluding carboxylic acids is 1. The standard InChI is InChI=1S/C15H21BrN4O5/c1-15(2,3)25-14(21)19-10-4-9(7-24-8-10)18-11-5-13(16)17-6-12(11)20(22)23/h5-6,9-10H,4,7-8H2,1-3H3,(H,17,18)(H,19,21). The highest BCUT2D eigenvalue weighted by atomic mass is 79.9. The molecule has 1 aromatic heterocycles. The van der Waals surface area contributed by atoms with Crippen LogP contribution in [0.2, 0.25) is 0 Å². The fraction of sp³-hybridized carbons (Fsp3) is 0.600. The number of nitro groups is 1. The number of pyridine rings is 1. The minimum Gasteiger partial charge on any atom is -0.444 e. The van der Waals surface area contributed by atoms with Gasteiger partial charge in [0.05, 0.1) is 30.2 Å². The molecule has 0 aromatic carbocycles. The van der Waals surface area contributed by atoms with Crippen LogP contribution in [0.5, 0.6) is 0 Å².